The van der Waals surface area contributed by atoms with E-state index in [0.717, 1.165) is 45.0 Å². The molecule has 0 spiro atoms. The van der Waals surface area contributed by atoms with Crippen molar-refractivity contribution in [1.82, 2.24) is 4.90 Å². The number of likely N-dealkylation sites (tertiary alicyclic amines) is 1. The third kappa shape index (κ3) is 4.25. The predicted molar refractivity (Wildman–Crippen MR) is 94.3 cm³/mol. The highest BCUT2D eigenvalue weighted by molar-refractivity contribution is 5.78. The van der Waals surface area contributed by atoms with E-state index in [1.807, 2.05) is 0 Å². The molecule has 0 aromatic heterocycles. The summed E-state index contributed by atoms with van der Waals surface area (Å²) < 4.78 is 6.04. The first kappa shape index (κ1) is 16.3. The second-order valence-corrected chi connectivity index (χ2v) is 6.97. The van der Waals surface area contributed by atoms with Gasteiger partial charge in [-0.3, -0.25) is 4.99 Å². The number of ether oxygens (including phenoxy) is 1. The summed E-state index contributed by atoms with van der Waals surface area (Å²) in [6.07, 6.45) is 4.87. The first-order valence-electron chi connectivity index (χ1n) is 8.95. The highest BCUT2D eigenvalue weighted by atomic mass is 16.5. The lowest BCUT2D eigenvalue weighted by atomic mass is 9.89. The van der Waals surface area contributed by atoms with Gasteiger partial charge in [-0.25, -0.2) is 0 Å². The van der Waals surface area contributed by atoms with Gasteiger partial charge >= 0.3 is 0 Å². The highest BCUT2D eigenvalue weighted by Gasteiger charge is 2.27. The van der Waals surface area contributed by atoms with E-state index in [-0.39, 0.29) is 6.10 Å². The Morgan fingerprint density at radius 1 is 1.22 bits per heavy atom. The fraction of sp³-hybridized carbons (Fsp3) is 0.632. The number of guanidine groups is 1. The summed E-state index contributed by atoms with van der Waals surface area (Å²) in [5.74, 6) is 1.95. The number of nitrogens with two attached hydrogens (primary N) is 1. The Labute approximate surface area is 139 Å². The molecule has 2 aliphatic heterocycles. The van der Waals surface area contributed by atoms with Crippen LogP contribution in [0.2, 0.25) is 0 Å². The van der Waals surface area contributed by atoms with Gasteiger partial charge < -0.3 is 15.4 Å². The van der Waals surface area contributed by atoms with Crippen LogP contribution in [0.5, 0.6) is 0 Å². The average molecular weight is 315 g/mol. The predicted octanol–water partition coefficient (Wildman–Crippen LogP) is 3.20. The van der Waals surface area contributed by atoms with E-state index in [2.05, 4.69) is 42.2 Å². The number of benzene rings is 1. The molecule has 0 radical (unpaired) electrons. The molecule has 2 aliphatic rings. The summed E-state index contributed by atoms with van der Waals surface area (Å²) in [5.41, 5.74) is 7.49. The highest BCUT2D eigenvalue weighted by Crippen LogP contribution is 2.33. The lowest BCUT2D eigenvalue weighted by molar-refractivity contribution is -0.0250. The molecule has 4 heteroatoms. The van der Waals surface area contributed by atoms with Crippen molar-refractivity contribution in [2.75, 3.05) is 26.2 Å². The quantitative estimate of drug-likeness (QED) is 0.688. The fourth-order valence-electron chi connectivity index (χ4n) is 3.59. The van der Waals surface area contributed by atoms with Gasteiger partial charge in [-0.1, -0.05) is 37.3 Å². The average Bonchev–Trinajstić information content (AvgIpc) is 2.61. The molecule has 1 aromatic carbocycles. The van der Waals surface area contributed by atoms with Crippen LogP contribution in [0.3, 0.4) is 0 Å². The largest absolute Gasteiger partial charge is 0.373 e. The van der Waals surface area contributed by atoms with Crippen molar-refractivity contribution in [1.29, 1.82) is 0 Å². The maximum atomic E-state index is 6.23. The topological polar surface area (TPSA) is 50.8 Å². The smallest absolute Gasteiger partial charge is 0.191 e. The molecule has 126 valence electrons. The van der Waals surface area contributed by atoms with E-state index in [1.54, 1.807) is 0 Å². The van der Waals surface area contributed by atoms with Crippen molar-refractivity contribution in [3.05, 3.63) is 35.9 Å². The minimum atomic E-state index is 0.155. The van der Waals surface area contributed by atoms with Gasteiger partial charge in [0.15, 0.2) is 5.96 Å². The van der Waals surface area contributed by atoms with Crippen molar-refractivity contribution >= 4 is 5.96 Å². The van der Waals surface area contributed by atoms with Gasteiger partial charge in [-0.15, -0.1) is 0 Å². The van der Waals surface area contributed by atoms with E-state index < -0.39 is 0 Å². The Balaban J connectivity index is 1.62. The van der Waals surface area contributed by atoms with E-state index in [1.165, 1.54) is 18.4 Å². The normalized spacial score (nSPS) is 27.2. The van der Waals surface area contributed by atoms with Crippen LogP contribution in [0.25, 0.3) is 0 Å². The van der Waals surface area contributed by atoms with Crippen LogP contribution in [0, 0.1) is 11.8 Å². The number of piperidine rings is 1. The zero-order chi connectivity index (χ0) is 16.1. The van der Waals surface area contributed by atoms with Crippen LogP contribution in [0.15, 0.2) is 35.3 Å². The standard InChI is InChI=1S/C19H29N3O/c1-15-9-11-22(12-10-15)19(20)21-14-17-8-5-13-23-18(17)16-6-3-2-4-7-16/h2-4,6-7,15,17-18H,5,8-14H2,1H3,(H2,20,21). The molecule has 0 amide bonds. The summed E-state index contributed by atoms with van der Waals surface area (Å²) in [7, 11) is 0. The number of rotatable bonds is 3. The SMILES string of the molecule is CC1CCN(C(N)=NCC2CCCOC2c2ccccc2)CC1. The number of nitrogens with zero attached hydrogens (tertiary/aromatic N) is 2. The number of hydrogen-bond donors (Lipinski definition) is 1. The minimum Gasteiger partial charge on any atom is -0.373 e. The number of hydrogen-bond acceptors (Lipinski definition) is 2. The second-order valence-electron chi connectivity index (χ2n) is 6.97. The lowest BCUT2D eigenvalue weighted by Gasteiger charge is -2.33. The molecule has 2 atom stereocenters. The van der Waals surface area contributed by atoms with Gasteiger partial charge in [-0.05, 0) is 37.2 Å². The van der Waals surface area contributed by atoms with E-state index in [9.17, 15) is 0 Å². The Bertz CT molecular complexity index is 509. The fourth-order valence-corrected chi connectivity index (χ4v) is 3.59. The summed E-state index contributed by atoms with van der Waals surface area (Å²) in [6, 6.07) is 10.5. The van der Waals surface area contributed by atoms with Gasteiger partial charge in [-0.2, -0.15) is 0 Å². The van der Waals surface area contributed by atoms with Crippen LogP contribution < -0.4 is 5.73 Å². The van der Waals surface area contributed by atoms with Gasteiger partial charge in [0.25, 0.3) is 0 Å². The monoisotopic (exact) mass is 315 g/mol. The van der Waals surface area contributed by atoms with E-state index in [4.69, 9.17) is 15.5 Å². The molecule has 23 heavy (non-hydrogen) atoms. The molecule has 2 N–H and O–H groups in total. The third-order valence-corrected chi connectivity index (χ3v) is 5.17. The van der Waals surface area contributed by atoms with Crippen molar-refractivity contribution in [3.8, 4) is 0 Å². The van der Waals surface area contributed by atoms with Gasteiger partial charge in [0.1, 0.15) is 0 Å². The molecule has 0 saturated carbocycles. The van der Waals surface area contributed by atoms with Crippen LogP contribution in [0.1, 0.15) is 44.3 Å². The first-order valence-corrected chi connectivity index (χ1v) is 8.95. The molecule has 4 nitrogen and oxygen atoms in total. The summed E-state index contributed by atoms with van der Waals surface area (Å²) in [6.45, 7) is 6.00. The zero-order valence-corrected chi connectivity index (χ0v) is 14.2. The second kappa shape index (κ2) is 7.82. The summed E-state index contributed by atoms with van der Waals surface area (Å²) >= 11 is 0. The lowest BCUT2D eigenvalue weighted by Crippen LogP contribution is -2.43. The molecule has 3 rings (SSSR count). The molecular weight excluding hydrogens is 286 g/mol. The van der Waals surface area contributed by atoms with Gasteiger partial charge in [0, 0.05) is 32.2 Å². The molecule has 0 aliphatic carbocycles. The molecular formula is C19H29N3O. The number of aliphatic imine (C=N–C) groups is 1. The van der Waals surface area contributed by atoms with Gasteiger partial charge in [0.2, 0.25) is 0 Å². The Morgan fingerprint density at radius 2 is 1.96 bits per heavy atom. The maximum Gasteiger partial charge on any atom is 0.191 e. The van der Waals surface area contributed by atoms with Crippen molar-refractivity contribution in [2.45, 2.75) is 38.7 Å². The summed E-state index contributed by atoms with van der Waals surface area (Å²) in [5, 5.41) is 0. The van der Waals surface area contributed by atoms with E-state index in [0.29, 0.717) is 11.9 Å². The third-order valence-electron chi connectivity index (χ3n) is 5.17. The minimum absolute atomic E-state index is 0.155. The molecule has 1 aromatic rings. The summed E-state index contributed by atoms with van der Waals surface area (Å²) in [4.78, 5) is 6.95. The van der Waals surface area contributed by atoms with Crippen molar-refractivity contribution < 1.29 is 4.74 Å². The molecule has 2 fully saturated rings. The molecule has 2 saturated heterocycles. The molecule has 0 bridgehead atoms. The van der Waals surface area contributed by atoms with Crippen LogP contribution in [-0.4, -0.2) is 37.1 Å². The Morgan fingerprint density at radius 3 is 2.70 bits per heavy atom. The van der Waals surface area contributed by atoms with Crippen LogP contribution in [-0.2, 0) is 4.74 Å². The van der Waals surface area contributed by atoms with Crippen molar-refractivity contribution in [2.24, 2.45) is 22.6 Å². The maximum absolute atomic E-state index is 6.23. The Hall–Kier alpha value is -1.55. The van der Waals surface area contributed by atoms with Gasteiger partial charge in [0.05, 0.1) is 6.10 Å². The Kier molecular flexibility index (Phi) is 5.55. The first-order chi connectivity index (χ1) is 11.2. The van der Waals surface area contributed by atoms with E-state index >= 15 is 0 Å². The van der Waals surface area contributed by atoms with Crippen LogP contribution in [0.4, 0.5) is 0 Å². The van der Waals surface area contributed by atoms with Crippen LogP contribution >= 0.6 is 0 Å². The zero-order valence-electron chi connectivity index (χ0n) is 14.2. The molecule has 2 heterocycles. The molecule has 2 unspecified atom stereocenters. The van der Waals surface area contributed by atoms with Crippen molar-refractivity contribution in [3.63, 3.8) is 0 Å².